The van der Waals surface area contributed by atoms with Crippen LogP contribution in [0.3, 0.4) is 0 Å². The summed E-state index contributed by atoms with van der Waals surface area (Å²) >= 11 is 0. The fourth-order valence-corrected chi connectivity index (χ4v) is 5.43. The predicted molar refractivity (Wildman–Crippen MR) is 112 cm³/mol. The fraction of sp³-hybridized carbons (Fsp3) is 0.375. The molecule has 3 N–H and O–H groups in total. The second kappa shape index (κ2) is 7.41. The minimum atomic E-state index is -1.06. The van der Waals surface area contributed by atoms with Crippen molar-refractivity contribution in [1.82, 2.24) is 10.6 Å². The summed E-state index contributed by atoms with van der Waals surface area (Å²) in [5, 5.41) is 14.1. The third-order valence-electron chi connectivity index (χ3n) is 6.93. The molecule has 3 aliphatic carbocycles. The lowest BCUT2D eigenvalue weighted by molar-refractivity contribution is -0.138. The van der Waals surface area contributed by atoms with Crippen LogP contribution in [0.4, 0.5) is 4.79 Å². The van der Waals surface area contributed by atoms with Crippen molar-refractivity contribution in [2.75, 3.05) is 13.2 Å². The Morgan fingerprint density at radius 2 is 1.65 bits per heavy atom. The van der Waals surface area contributed by atoms with Crippen LogP contribution < -0.4 is 10.6 Å². The van der Waals surface area contributed by atoms with Gasteiger partial charge in [-0.15, -0.1) is 0 Å². The van der Waals surface area contributed by atoms with Crippen molar-refractivity contribution in [1.29, 1.82) is 0 Å². The first-order valence-corrected chi connectivity index (χ1v) is 10.6. The number of carbonyl (C=O) groups is 3. The number of carboxylic acid groups (broad SMARTS) is 1. The van der Waals surface area contributed by atoms with Gasteiger partial charge >= 0.3 is 12.1 Å². The maximum Gasteiger partial charge on any atom is 0.407 e. The summed E-state index contributed by atoms with van der Waals surface area (Å²) in [6, 6.07) is 16.2. The second-order valence-electron chi connectivity index (χ2n) is 8.74. The number of nitrogens with one attached hydrogen (secondary N) is 2. The van der Waals surface area contributed by atoms with Crippen LogP contribution in [-0.4, -0.2) is 42.3 Å². The molecule has 0 aromatic heterocycles. The monoisotopic (exact) mass is 420 g/mol. The minimum absolute atomic E-state index is 0.00303. The highest BCUT2D eigenvalue weighted by atomic mass is 16.5. The summed E-state index contributed by atoms with van der Waals surface area (Å²) in [5.41, 5.74) is 4.14. The zero-order valence-corrected chi connectivity index (χ0v) is 17.0. The highest BCUT2D eigenvalue weighted by Gasteiger charge is 2.65. The molecule has 7 heteroatoms. The minimum Gasteiger partial charge on any atom is -0.480 e. The Bertz CT molecular complexity index is 1020. The molecule has 0 heterocycles. The van der Waals surface area contributed by atoms with Gasteiger partial charge in [0.05, 0.1) is 5.41 Å². The molecule has 0 radical (unpaired) electrons. The molecule has 5 rings (SSSR count). The third kappa shape index (κ3) is 3.44. The summed E-state index contributed by atoms with van der Waals surface area (Å²) in [4.78, 5) is 35.5. The molecule has 160 valence electrons. The van der Waals surface area contributed by atoms with E-state index in [9.17, 15) is 14.4 Å². The van der Waals surface area contributed by atoms with Gasteiger partial charge in [0.25, 0.3) is 0 Å². The van der Waals surface area contributed by atoms with Crippen LogP contribution in [-0.2, 0) is 14.3 Å². The quantitative estimate of drug-likeness (QED) is 0.667. The Morgan fingerprint density at radius 3 is 2.29 bits per heavy atom. The number of hydrogen-bond acceptors (Lipinski definition) is 4. The first kappa shape index (κ1) is 19.6. The standard InChI is InChI=1S/C24H24N2O5/c27-21(28)12-25-22(29)24-10-14(24)9-15(11-24)26-23(30)31-13-20-18-7-3-1-5-16(18)17-6-2-4-8-19(17)20/h1-8,14-15,20H,9-13H2,(H,25,29)(H,26,30)(H,27,28)/t14-,15+,24+/m0/s1. The molecule has 2 aromatic carbocycles. The van der Waals surface area contributed by atoms with Gasteiger partial charge in [0.1, 0.15) is 13.2 Å². The molecule has 0 aliphatic heterocycles. The summed E-state index contributed by atoms with van der Waals surface area (Å²) in [6.45, 7) is -0.127. The normalized spacial score (nSPS) is 25.2. The number of carboxylic acids is 1. The Labute approximate surface area is 179 Å². The Balaban J connectivity index is 1.18. The lowest BCUT2D eigenvalue weighted by Gasteiger charge is -2.19. The van der Waals surface area contributed by atoms with Crippen molar-refractivity contribution < 1.29 is 24.2 Å². The topological polar surface area (TPSA) is 105 Å². The molecule has 7 nitrogen and oxygen atoms in total. The average molecular weight is 420 g/mol. The molecule has 0 saturated heterocycles. The molecular formula is C24H24N2O5. The molecule has 2 saturated carbocycles. The summed E-state index contributed by atoms with van der Waals surface area (Å²) < 4.78 is 5.60. The smallest absolute Gasteiger partial charge is 0.407 e. The predicted octanol–water partition coefficient (Wildman–Crippen LogP) is 2.89. The zero-order valence-electron chi connectivity index (χ0n) is 17.0. The van der Waals surface area contributed by atoms with Crippen molar-refractivity contribution in [3.63, 3.8) is 0 Å². The maximum atomic E-state index is 12.5. The maximum absolute atomic E-state index is 12.5. The largest absolute Gasteiger partial charge is 0.480 e. The highest BCUT2D eigenvalue weighted by molar-refractivity contribution is 5.89. The van der Waals surface area contributed by atoms with Crippen molar-refractivity contribution in [3.8, 4) is 11.1 Å². The van der Waals surface area contributed by atoms with Crippen LogP contribution in [0.2, 0.25) is 0 Å². The van der Waals surface area contributed by atoms with E-state index in [0.717, 1.165) is 17.5 Å². The zero-order chi connectivity index (χ0) is 21.6. The van der Waals surface area contributed by atoms with Crippen LogP contribution in [0.5, 0.6) is 0 Å². The molecular weight excluding hydrogens is 396 g/mol. The van der Waals surface area contributed by atoms with Crippen molar-refractivity contribution >= 4 is 18.0 Å². The van der Waals surface area contributed by atoms with E-state index in [1.165, 1.54) is 11.1 Å². The van der Waals surface area contributed by atoms with E-state index >= 15 is 0 Å². The SMILES string of the molecule is O=C(O)CNC(=O)[C@]12C[C@H](NC(=O)OCC3c4ccccc4-c4ccccc43)C[C@H]1C2. The van der Waals surface area contributed by atoms with Gasteiger partial charge in [-0.05, 0) is 47.4 Å². The number of aliphatic carboxylic acids is 1. The molecule has 2 fully saturated rings. The molecule has 0 spiro atoms. The van der Waals surface area contributed by atoms with E-state index in [1.54, 1.807) is 0 Å². The molecule has 3 aliphatic rings. The molecule has 0 unspecified atom stereocenters. The lowest BCUT2D eigenvalue weighted by Crippen LogP contribution is -2.39. The van der Waals surface area contributed by atoms with Crippen LogP contribution >= 0.6 is 0 Å². The lowest BCUT2D eigenvalue weighted by atomic mass is 9.98. The summed E-state index contributed by atoms with van der Waals surface area (Å²) in [5.74, 6) is -1.09. The first-order chi connectivity index (χ1) is 15.0. The fourth-order valence-electron chi connectivity index (χ4n) is 5.43. The van der Waals surface area contributed by atoms with E-state index < -0.39 is 17.5 Å². The van der Waals surface area contributed by atoms with Gasteiger partial charge in [0, 0.05) is 12.0 Å². The number of fused-ring (bicyclic) bond motifs is 4. The molecule has 3 atom stereocenters. The van der Waals surface area contributed by atoms with Crippen molar-refractivity contribution in [2.45, 2.75) is 31.2 Å². The van der Waals surface area contributed by atoms with Gasteiger partial charge in [-0.25, -0.2) is 4.79 Å². The van der Waals surface area contributed by atoms with Gasteiger partial charge in [0.2, 0.25) is 5.91 Å². The third-order valence-corrected chi connectivity index (χ3v) is 6.93. The van der Waals surface area contributed by atoms with Gasteiger partial charge in [-0.1, -0.05) is 48.5 Å². The highest BCUT2D eigenvalue weighted by Crippen LogP contribution is 2.63. The van der Waals surface area contributed by atoms with E-state index in [0.29, 0.717) is 12.8 Å². The number of carbonyl (C=O) groups excluding carboxylic acids is 2. The van der Waals surface area contributed by atoms with E-state index in [-0.39, 0.29) is 36.9 Å². The van der Waals surface area contributed by atoms with Gasteiger partial charge in [0.15, 0.2) is 0 Å². The Kier molecular flexibility index (Phi) is 4.68. The number of rotatable bonds is 6. The Hall–Kier alpha value is -3.35. The Morgan fingerprint density at radius 1 is 1.00 bits per heavy atom. The second-order valence-corrected chi connectivity index (χ2v) is 8.74. The number of alkyl carbamates (subject to hydrolysis) is 1. The van der Waals surface area contributed by atoms with E-state index in [2.05, 4.69) is 34.9 Å². The van der Waals surface area contributed by atoms with Crippen LogP contribution in [0, 0.1) is 11.3 Å². The van der Waals surface area contributed by atoms with Crippen LogP contribution in [0.15, 0.2) is 48.5 Å². The van der Waals surface area contributed by atoms with E-state index in [1.807, 2.05) is 24.3 Å². The number of amides is 2. The number of ether oxygens (including phenoxy) is 1. The van der Waals surface area contributed by atoms with Crippen LogP contribution in [0.25, 0.3) is 11.1 Å². The van der Waals surface area contributed by atoms with Crippen molar-refractivity contribution in [3.05, 3.63) is 59.7 Å². The van der Waals surface area contributed by atoms with Crippen LogP contribution in [0.1, 0.15) is 36.3 Å². The molecule has 2 amide bonds. The molecule has 2 aromatic rings. The molecule has 0 bridgehead atoms. The van der Waals surface area contributed by atoms with Gasteiger partial charge in [-0.2, -0.15) is 0 Å². The molecule has 31 heavy (non-hydrogen) atoms. The van der Waals surface area contributed by atoms with E-state index in [4.69, 9.17) is 9.84 Å². The van der Waals surface area contributed by atoms with Crippen molar-refractivity contribution in [2.24, 2.45) is 11.3 Å². The number of hydrogen-bond donors (Lipinski definition) is 3. The summed E-state index contributed by atoms with van der Waals surface area (Å²) in [6.07, 6.45) is 1.51. The summed E-state index contributed by atoms with van der Waals surface area (Å²) in [7, 11) is 0. The average Bonchev–Trinajstić information content (AvgIpc) is 3.19. The first-order valence-electron chi connectivity index (χ1n) is 10.6. The number of benzene rings is 2. The van der Waals surface area contributed by atoms with Gasteiger partial charge < -0.3 is 20.5 Å². The van der Waals surface area contributed by atoms with Gasteiger partial charge in [-0.3, -0.25) is 9.59 Å².